The predicted molar refractivity (Wildman–Crippen MR) is 86.3 cm³/mol. The molecule has 2 saturated heterocycles. The fraction of sp³-hybridized carbons (Fsp3) is 0.765. The van der Waals surface area contributed by atoms with Crippen molar-refractivity contribution in [2.75, 3.05) is 19.6 Å². The number of piperidine rings is 2. The summed E-state index contributed by atoms with van der Waals surface area (Å²) in [6, 6.07) is 0.219. The van der Waals surface area contributed by atoms with Gasteiger partial charge in [0.15, 0.2) is 0 Å². The van der Waals surface area contributed by atoms with E-state index in [0.717, 1.165) is 38.0 Å². The number of H-pyrrole nitrogens is 1. The number of nitrogens with one attached hydrogen (secondary N) is 2. The van der Waals surface area contributed by atoms with Crippen LogP contribution in [0, 0.1) is 11.8 Å². The fourth-order valence-corrected chi connectivity index (χ4v) is 3.94. The van der Waals surface area contributed by atoms with E-state index in [1.807, 2.05) is 12.4 Å². The molecule has 2 N–H and O–H groups in total. The molecule has 0 radical (unpaired) electrons. The number of aromatic nitrogens is 2. The van der Waals surface area contributed by atoms with Crippen LogP contribution in [0.4, 0.5) is 0 Å². The Morgan fingerprint density at radius 1 is 1.41 bits per heavy atom. The summed E-state index contributed by atoms with van der Waals surface area (Å²) in [6.45, 7) is 5.34. The van der Waals surface area contributed by atoms with Crippen molar-refractivity contribution < 1.29 is 4.79 Å². The number of hydrogen-bond acceptors (Lipinski definition) is 3. The third kappa shape index (κ3) is 3.51. The predicted octanol–water partition coefficient (Wildman–Crippen LogP) is 2.49. The zero-order valence-corrected chi connectivity index (χ0v) is 13.6. The molecule has 122 valence electrons. The molecule has 1 aromatic heterocycles. The first kappa shape index (κ1) is 15.5. The minimum Gasteiger partial charge on any atom is -0.336 e. The zero-order chi connectivity index (χ0) is 15.4. The number of carbonyl (C=O) groups is 1. The van der Waals surface area contributed by atoms with Crippen molar-refractivity contribution >= 4 is 5.91 Å². The largest absolute Gasteiger partial charge is 0.336 e. The highest BCUT2D eigenvalue weighted by atomic mass is 16.2. The lowest BCUT2D eigenvalue weighted by Crippen LogP contribution is -2.41. The minimum atomic E-state index is 0.219. The number of likely N-dealkylation sites (tertiary alicyclic amines) is 1. The van der Waals surface area contributed by atoms with Crippen LogP contribution in [0.25, 0.3) is 0 Å². The Labute approximate surface area is 132 Å². The van der Waals surface area contributed by atoms with Crippen molar-refractivity contribution in [2.45, 2.75) is 51.5 Å². The monoisotopic (exact) mass is 304 g/mol. The van der Waals surface area contributed by atoms with E-state index < -0.39 is 0 Å². The molecule has 3 atom stereocenters. The van der Waals surface area contributed by atoms with Crippen LogP contribution < -0.4 is 5.32 Å². The topological polar surface area (TPSA) is 61.0 Å². The molecule has 1 amide bonds. The second-order valence-corrected chi connectivity index (χ2v) is 6.92. The number of rotatable bonds is 4. The molecule has 3 rings (SSSR count). The Balaban J connectivity index is 1.61. The highest BCUT2D eigenvalue weighted by Gasteiger charge is 2.30. The second-order valence-electron chi connectivity index (χ2n) is 6.92. The maximum absolute atomic E-state index is 12.8. The molecule has 2 aliphatic rings. The van der Waals surface area contributed by atoms with Gasteiger partial charge in [0, 0.05) is 24.7 Å². The van der Waals surface area contributed by atoms with Gasteiger partial charge in [-0.05, 0) is 57.0 Å². The summed E-state index contributed by atoms with van der Waals surface area (Å²) in [5, 5.41) is 10.4. The first-order chi connectivity index (χ1) is 10.8. The molecule has 3 heterocycles. The van der Waals surface area contributed by atoms with Crippen molar-refractivity contribution in [3.05, 3.63) is 18.0 Å². The summed E-state index contributed by atoms with van der Waals surface area (Å²) >= 11 is 0. The van der Waals surface area contributed by atoms with Crippen LogP contribution in [0.3, 0.4) is 0 Å². The molecule has 0 aliphatic carbocycles. The Hall–Kier alpha value is -1.36. The van der Waals surface area contributed by atoms with Gasteiger partial charge in [-0.2, -0.15) is 5.10 Å². The summed E-state index contributed by atoms with van der Waals surface area (Å²) in [5.41, 5.74) is 1.15. The van der Waals surface area contributed by atoms with Crippen molar-refractivity contribution in [3.8, 4) is 0 Å². The Morgan fingerprint density at radius 2 is 2.32 bits per heavy atom. The van der Waals surface area contributed by atoms with Crippen LogP contribution >= 0.6 is 0 Å². The standard InChI is InChI=1S/C17H28N4O/c1-13(14-5-4-7-18-10-14)9-17(22)21-8-3-2-6-16(21)15-11-19-20-12-15/h11-14,16,18H,2-10H2,1H3,(H,19,20). The van der Waals surface area contributed by atoms with Gasteiger partial charge in [0.2, 0.25) is 5.91 Å². The van der Waals surface area contributed by atoms with Crippen LogP contribution in [0.15, 0.2) is 12.4 Å². The van der Waals surface area contributed by atoms with Crippen molar-refractivity contribution in [2.24, 2.45) is 11.8 Å². The average Bonchev–Trinajstić information content (AvgIpc) is 3.10. The molecule has 2 aliphatic heterocycles. The van der Waals surface area contributed by atoms with Gasteiger partial charge in [0.25, 0.3) is 0 Å². The molecular weight excluding hydrogens is 276 g/mol. The van der Waals surface area contributed by atoms with Gasteiger partial charge >= 0.3 is 0 Å². The van der Waals surface area contributed by atoms with E-state index in [1.165, 1.54) is 19.3 Å². The summed E-state index contributed by atoms with van der Waals surface area (Å²) in [6.07, 6.45) is 10.4. The van der Waals surface area contributed by atoms with Gasteiger partial charge in [-0.1, -0.05) is 6.92 Å². The third-order valence-electron chi connectivity index (χ3n) is 5.36. The van der Waals surface area contributed by atoms with Crippen molar-refractivity contribution in [3.63, 3.8) is 0 Å². The van der Waals surface area contributed by atoms with Gasteiger partial charge in [-0.15, -0.1) is 0 Å². The van der Waals surface area contributed by atoms with Crippen molar-refractivity contribution in [1.29, 1.82) is 0 Å². The number of aromatic amines is 1. The van der Waals surface area contributed by atoms with Crippen LogP contribution in [0.1, 0.15) is 57.1 Å². The van der Waals surface area contributed by atoms with Crippen LogP contribution in [0.5, 0.6) is 0 Å². The molecule has 5 heteroatoms. The first-order valence-electron chi connectivity index (χ1n) is 8.74. The highest BCUT2D eigenvalue weighted by Crippen LogP contribution is 2.32. The third-order valence-corrected chi connectivity index (χ3v) is 5.36. The lowest BCUT2D eigenvalue weighted by atomic mass is 9.84. The summed E-state index contributed by atoms with van der Waals surface area (Å²) in [5.74, 6) is 1.44. The SMILES string of the molecule is CC(CC(=O)N1CCCCC1c1cn[nH]c1)C1CCCNC1. The lowest BCUT2D eigenvalue weighted by molar-refractivity contribution is -0.136. The van der Waals surface area contributed by atoms with E-state index in [0.29, 0.717) is 24.2 Å². The first-order valence-corrected chi connectivity index (χ1v) is 8.74. The maximum atomic E-state index is 12.8. The van der Waals surface area contributed by atoms with Crippen LogP contribution in [0.2, 0.25) is 0 Å². The maximum Gasteiger partial charge on any atom is 0.223 e. The molecule has 1 aromatic rings. The highest BCUT2D eigenvalue weighted by molar-refractivity contribution is 5.77. The van der Waals surface area contributed by atoms with Gasteiger partial charge in [0.1, 0.15) is 0 Å². The number of hydrogen-bond donors (Lipinski definition) is 2. The van der Waals surface area contributed by atoms with E-state index in [2.05, 4.69) is 27.3 Å². The van der Waals surface area contributed by atoms with Crippen LogP contribution in [-0.2, 0) is 4.79 Å². The molecule has 0 aromatic carbocycles. The van der Waals surface area contributed by atoms with Gasteiger partial charge in [0.05, 0.1) is 12.2 Å². The molecule has 22 heavy (non-hydrogen) atoms. The van der Waals surface area contributed by atoms with Gasteiger partial charge in [-0.25, -0.2) is 0 Å². The minimum absolute atomic E-state index is 0.219. The molecule has 2 fully saturated rings. The van der Waals surface area contributed by atoms with E-state index in [1.54, 1.807) is 0 Å². The molecule has 0 spiro atoms. The van der Waals surface area contributed by atoms with Gasteiger partial charge < -0.3 is 10.2 Å². The number of amides is 1. The van der Waals surface area contributed by atoms with E-state index in [9.17, 15) is 4.79 Å². The van der Waals surface area contributed by atoms with E-state index in [-0.39, 0.29) is 6.04 Å². The Morgan fingerprint density at radius 3 is 3.05 bits per heavy atom. The fourth-order valence-electron chi connectivity index (χ4n) is 3.94. The second kappa shape index (κ2) is 7.27. The van der Waals surface area contributed by atoms with E-state index in [4.69, 9.17) is 0 Å². The van der Waals surface area contributed by atoms with Crippen molar-refractivity contribution in [1.82, 2.24) is 20.4 Å². The Kier molecular flexibility index (Phi) is 5.13. The van der Waals surface area contributed by atoms with Crippen LogP contribution in [-0.4, -0.2) is 40.6 Å². The smallest absolute Gasteiger partial charge is 0.223 e. The molecule has 3 unspecified atom stereocenters. The molecule has 0 saturated carbocycles. The normalized spacial score (nSPS) is 27.6. The number of carbonyl (C=O) groups excluding carboxylic acids is 1. The lowest BCUT2D eigenvalue weighted by Gasteiger charge is -2.37. The molecule has 0 bridgehead atoms. The summed E-state index contributed by atoms with van der Waals surface area (Å²) in [7, 11) is 0. The summed E-state index contributed by atoms with van der Waals surface area (Å²) < 4.78 is 0. The van der Waals surface area contributed by atoms with Gasteiger partial charge in [-0.3, -0.25) is 9.89 Å². The quantitative estimate of drug-likeness (QED) is 0.898. The number of nitrogens with zero attached hydrogens (tertiary/aromatic N) is 2. The van der Waals surface area contributed by atoms with E-state index >= 15 is 0 Å². The average molecular weight is 304 g/mol. The zero-order valence-electron chi connectivity index (χ0n) is 13.6. The Bertz CT molecular complexity index is 467. The molecular formula is C17H28N4O. The summed E-state index contributed by atoms with van der Waals surface area (Å²) in [4.78, 5) is 14.9. The molecule has 5 nitrogen and oxygen atoms in total.